The number of nitrogens with zero attached hydrogens (tertiary/aromatic N) is 2. The molecule has 0 radical (unpaired) electrons. The largest absolute Gasteiger partial charge is 0.490 e. The Balaban J connectivity index is 2.82. The number of nitrogens with one attached hydrogen (secondary N) is 1. The van der Waals surface area contributed by atoms with E-state index in [-0.39, 0.29) is 0 Å². The van der Waals surface area contributed by atoms with E-state index in [0.29, 0.717) is 23.4 Å². The number of rotatable bonds is 6. The second kappa shape index (κ2) is 6.15. The van der Waals surface area contributed by atoms with Gasteiger partial charge in [0.25, 0.3) is 0 Å². The zero-order valence-corrected chi connectivity index (χ0v) is 10.2. The fraction of sp³-hybridized carbons (Fsp3) is 0.636. The van der Waals surface area contributed by atoms with Gasteiger partial charge in [-0.1, -0.05) is 20.3 Å². The van der Waals surface area contributed by atoms with Crippen LogP contribution in [0.5, 0.6) is 5.75 Å². The predicted molar refractivity (Wildman–Crippen MR) is 65.6 cm³/mol. The van der Waals surface area contributed by atoms with E-state index in [2.05, 4.69) is 29.1 Å². The van der Waals surface area contributed by atoms with Gasteiger partial charge in [0.05, 0.1) is 7.11 Å². The molecule has 0 aliphatic rings. The van der Waals surface area contributed by atoms with Crippen molar-refractivity contribution in [2.75, 3.05) is 18.2 Å². The summed E-state index contributed by atoms with van der Waals surface area (Å²) in [5.41, 5.74) is 5.71. The monoisotopic (exact) mass is 224 g/mol. The topological polar surface area (TPSA) is 73.1 Å². The van der Waals surface area contributed by atoms with E-state index in [1.54, 1.807) is 7.11 Å². The lowest BCUT2D eigenvalue weighted by atomic mass is 10.1. The van der Waals surface area contributed by atoms with Crippen molar-refractivity contribution in [3.8, 4) is 5.75 Å². The first kappa shape index (κ1) is 12.5. The molecule has 0 spiro atoms. The summed E-state index contributed by atoms with van der Waals surface area (Å²) in [4.78, 5) is 8.04. The average molecular weight is 224 g/mol. The lowest BCUT2D eigenvalue weighted by molar-refractivity contribution is 0.414. The molecule has 0 bridgehead atoms. The van der Waals surface area contributed by atoms with Crippen molar-refractivity contribution >= 4 is 11.6 Å². The lowest BCUT2D eigenvalue weighted by Gasteiger charge is -2.18. The summed E-state index contributed by atoms with van der Waals surface area (Å²) in [5.74, 6) is 1.57. The van der Waals surface area contributed by atoms with Crippen molar-refractivity contribution in [3.63, 3.8) is 0 Å². The fourth-order valence-corrected chi connectivity index (χ4v) is 1.61. The summed E-state index contributed by atoms with van der Waals surface area (Å²) >= 11 is 0. The van der Waals surface area contributed by atoms with E-state index in [1.807, 2.05) is 0 Å². The number of aromatic nitrogens is 2. The highest BCUT2D eigenvalue weighted by Gasteiger charge is 2.12. The molecular formula is C11H20N4O. The van der Waals surface area contributed by atoms with Crippen LogP contribution in [0, 0.1) is 0 Å². The molecule has 1 unspecified atom stereocenters. The maximum absolute atomic E-state index is 5.71. The molecule has 5 heteroatoms. The van der Waals surface area contributed by atoms with Crippen LogP contribution in [0.2, 0.25) is 0 Å². The molecule has 1 rings (SSSR count). The van der Waals surface area contributed by atoms with Crippen molar-refractivity contribution in [2.45, 2.75) is 39.2 Å². The minimum absolute atomic E-state index is 0.367. The minimum atomic E-state index is 0.367. The van der Waals surface area contributed by atoms with Crippen LogP contribution < -0.4 is 15.8 Å². The zero-order chi connectivity index (χ0) is 12.0. The highest BCUT2D eigenvalue weighted by atomic mass is 16.5. The van der Waals surface area contributed by atoms with Crippen LogP contribution in [-0.4, -0.2) is 23.1 Å². The smallest absolute Gasteiger partial charge is 0.203 e. The highest BCUT2D eigenvalue weighted by molar-refractivity contribution is 5.61. The molecule has 1 aromatic heterocycles. The zero-order valence-electron chi connectivity index (χ0n) is 10.2. The summed E-state index contributed by atoms with van der Waals surface area (Å²) < 4.78 is 5.19. The molecule has 0 amide bonds. The second-order valence-corrected chi connectivity index (χ2v) is 3.68. The van der Waals surface area contributed by atoms with Gasteiger partial charge in [-0.15, -0.1) is 0 Å². The van der Waals surface area contributed by atoms with Crippen LogP contribution in [0.15, 0.2) is 6.33 Å². The van der Waals surface area contributed by atoms with Crippen LogP contribution >= 0.6 is 0 Å². The van der Waals surface area contributed by atoms with Crippen LogP contribution in [0.3, 0.4) is 0 Å². The summed E-state index contributed by atoms with van der Waals surface area (Å²) in [6.07, 6.45) is 4.72. The Bertz CT molecular complexity index is 330. The van der Waals surface area contributed by atoms with Crippen LogP contribution in [0.4, 0.5) is 11.6 Å². The number of ether oxygens (including phenoxy) is 1. The van der Waals surface area contributed by atoms with E-state index in [9.17, 15) is 0 Å². The Labute approximate surface area is 96.4 Å². The average Bonchev–Trinajstić information content (AvgIpc) is 2.28. The highest BCUT2D eigenvalue weighted by Crippen LogP contribution is 2.27. The summed E-state index contributed by atoms with van der Waals surface area (Å²) in [5, 5.41) is 3.33. The number of nitrogens with two attached hydrogens (primary N) is 1. The first-order valence-corrected chi connectivity index (χ1v) is 5.63. The molecule has 0 saturated heterocycles. The van der Waals surface area contributed by atoms with Crippen LogP contribution in [-0.2, 0) is 0 Å². The van der Waals surface area contributed by atoms with Gasteiger partial charge in [0, 0.05) is 6.04 Å². The number of hydrogen-bond acceptors (Lipinski definition) is 5. The maximum Gasteiger partial charge on any atom is 0.203 e. The van der Waals surface area contributed by atoms with Gasteiger partial charge < -0.3 is 15.8 Å². The minimum Gasteiger partial charge on any atom is -0.490 e. The summed E-state index contributed by atoms with van der Waals surface area (Å²) in [6, 6.07) is 0.396. The Hall–Kier alpha value is -1.52. The summed E-state index contributed by atoms with van der Waals surface area (Å²) in [7, 11) is 1.57. The third-order valence-electron chi connectivity index (χ3n) is 2.51. The lowest BCUT2D eigenvalue weighted by Crippen LogP contribution is -2.19. The standard InChI is InChI=1S/C11H20N4O/c1-4-6-8(5-2)15-11-9(16-3)10(12)13-7-14-11/h7-8H,4-6H2,1-3H3,(H3,12,13,14,15). The van der Waals surface area contributed by atoms with Crippen molar-refractivity contribution in [1.29, 1.82) is 0 Å². The SMILES string of the molecule is CCCC(CC)Nc1ncnc(N)c1OC. The maximum atomic E-state index is 5.71. The van der Waals surface area contributed by atoms with E-state index in [4.69, 9.17) is 10.5 Å². The van der Waals surface area contributed by atoms with Crippen molar-refractivity contribution in [2.24, 2.45) is 0 Å². The van der Waals surface area contributed by atoms with E-state index >= 15 is 0 Å². The first-order valence-electron chi connectivity index (χ1n) is 5.63. The first-order chi connectivity index (χ1) is 7.72. The molecule has 16 heavy (non-hydrogen) atoms. The van der Waals surface area contributed by atoms with Gasteiger partial charge in [-0.25, -0.2) is 9.97 Å². The van der Waals surface area contributed by atoms with Crippen LogP contribution in [0.1, 0.15) is 33.1 Å². The molecule has 1 heterocycles. The molecular weight excluding hydrogens is 204 g/mol. The van der Waals surface area contributed by atoms with Gasteiger partial charge in [0.2, 0.25) is 5.75 Å². The molecule has 0 saturated carbocycles. The van der Waals surface area contributed by atoms with Gasteiger partial charge in [0.1, 0.15) is 6.33 Å². The molecule has 0 aliphatic heterocycles. The molecule has 0 aromatic carbocycles. The normalized spacial score (nSPS) is 12.2. The molecule has 1 atom stereocenters. The number of methoxy groups -OCH3 is 1. The molecule has 0 aliphatic carbocycles. The molecule has 90 valence electrons. The Morgan fingerprint density at radius 3 is 2.75 bits per heavy atom. The van der Waals surface area contributed by atoms with Gasteiger partial charge >= 0.3 is 0 Å². The molecule has 3 N–H and O–H groups in total. The van der Waals surface area contributed by atoms with Gasteiger partial charge in [-0.2, -0.15) is 0 Å². The quantitative estimate of drug-likeness (QED) is 0.773. The third kappa shape index (κ3) is 2.98. The number of nitrogen functional groups attached to an aromatic ring is 1. The fourth-order valence-electron chi connectivity index (χ4n) is 1.61. The summed E-state index contributed by atoms with van der Waals surface area (Å²) in [6.45, 7) is 4.31. The second-order valence-electron chi connectivity index (χ2n) is 3.68. The van der Waals surface area contributed by atoms with E-state index in [1.165, 1.54) is 6.33 Å². The van der Waals surface area contributed by atoms with Crippen molar-refractivity contribution in [1.82, 2.24) is 9.97 Å². The molecule has 1 aromatic rings. The third-order valence-corrected chi connectivity index (χ3v) is 2.51. The van der Waals surface area contributed by atoms with Gasteiger partial charge in [0.15, 0.2) is 11.6 Å². The van der Waals surface area contributed by atoms with E-state index < -0.39 is 0 Å². The Morgan fingerprint density at radius 1 is 1.44 bits per heavy atom. The van der Waals surface area contributed by atoms with E-state index in [0.717, 1.165) is 19.3 Å². The van der Waals surface area contributed by atoms with Crippen LogP contribution in [0.25, 0.3) is 0 Å². The number of hydrogen-bond donors (Lipinski definition) is 2. The Kier molecular flexibility index (Phi) is 4.82. The molecule has 5 nitrogen and oxygen atoms in total. The van der Waals surface area contributed by atoms with Crippen molar-refractivity contribution in [3.05, 3.63) is 6.33 Å². The Morgan fingerprint density at radius 2 is 2.19 bits per heavy atom. The molecule has 0 fully saturated rings. The predicted octanol–water partition coefficient (Wildman–Crippen LogP) is 2.06. The van der Waals surface area contributed by atoms with Gasteiger partial charge in [-0.05, 0) is 12.8 Å². The number of anilines is 2. The van der Waals surface area contributed by atoms with Crippen molar-refractivity contribution < 1.29 is 4.74 Å². The van der Waals surface area contributed by atoms with Gasteiger partial charge in [-0.3, -0.25) is 0 Å².